The first-order chi connectivity index (χ1) is 9.55. The summed E-state index contributed by atoms with van der Waals surface area (Å²) >= 11 is 0. The molecular formula is C9H14BF3N4O4. The molecule has 0 fully saturated rings. The number of nitrogens with zero attached hydrogens (tertiary/aromatic N) is 2. The second-order valence-electron chi connectivity index (χ2n) is 4.46. The minimum absolute atomic E-state index is 0.166. The van der Waals surface area contributed by atoms with Gasteiger partial charge in [-0.3, -0.25) is 14.6 Å². The fourth-order valence-corrected chi connectivity index (χ4v) is 1.88. The molecule has 1 heterocycles. The highest BCUT2D eigenvalue weighted by Gasteiger charge is 2.52. The molecule has 0 saturated heterocycles. The maximum Gasteiger partial charge on any atom is 0.482 e. The van der Waals surface area contributed by atoms with E-state index in [0.717, 1.165) is 0 Å². The summed E-state index contributed by atoms with van der Waals surface area (Å²) in [4.78, 5) is 26.2. The Kier molecular flexibility index (Phi) is 5.31. The van der Waals surface area contributed by atoms with Crippen LogP contribution < -0.4 is 11.5 Å². The Morgan fingerprint density at radius 3 is 2.48 bits per heavy atom. The predicted octanol–water partition coefficient (Wildman–Crippen LogP) is -2.24. The molecule has 6 N–H and O–H groups in total. The fraction of sp³-hybridized carbons (Fsp3) is 0.667. The fourth-order valence-electron chi connectivity index (χ4n) is 1.88. The van der Waals surface area contributed by atoms with Crippen molar-refractivity contribution >= 4 is 24.6 Å². The molecule has 0 bridgehead atoms. The molecule has 0 aromatic heterocycles. The molecular weight excluding hydrogens is 296 g/mol. The largest absolute Gasteiger partial charge is 0.482 e. The number of carbonyl (C=O) groups is 2. The summed E-state index contributed by atoms with van der Waals surface area (Å²) in [7, 11) is -2.46. The quantitative estimate of drug-likeness (QED) is 0.425. The Labute approximate surface area is 117 Å². The summed E-state index contributed by atoms with van der Waals surface area (Å²) in [6, 6.07) is -1.29. The van der Waals surface area contributed by atoms with E-state index in [4.69, 9.17) is 21.5 Å². The smallest absolute Gasteiger partial charge is 0.425 e. The van der Waals surface area contributed by atoms with Crippen LogP contribution in [0.2, 0.25) is 0 Å². The molecule has 1 unspecified atom stereocenters. The van der Waals surface area contributed by atoms with Gasteiger partial charge in [-0.25, -0.2) is 0 Å². The average Bonchev–Trinajstić information content (AvgIpc) is 2.79. The van der Waals surface area contributed by atoms with Crippen molar-refractivity contribution in [2.75, 3.05) is 6.67 Å². The molecule has 1 rings (SSSR count). The summed E-state index contributed by atoms with van der Waals surface area (Å²) in [6.45, 7) is -0.694. The Hall–Kier alpha value is -1.66. The minimum atomic E-state index is -4.90. The molecule has 21 heavy (non-hydrogen) atoms. The van der Waals surface area contributed by atoms with Gasteiger partial charge in [0.2, 0.25) is 11.8 Å². The number of alkyl halides is 3. The summed E-state index contributed by atoms with van der Waals surface area (Å²) in [5.41, 5.74) is 8.88. The molecule has 118 valence electrons. The molecule has 8 nitrogen and oxygen atoms in total. The van der Waals surface area contributed by atoms with Gasteiger partial charge < -0.3 is 26.4 Å². The van der Waals surface area contributed by atoms with Crippen LogP contribution in [0.25, 0.3) is 0 Å². The highest BCUT2D eigenvalue weighted by Crippen LogP contribution is 2.27. The highest BCUT2D eigenvalue weighted by molar-refractivity contribution is 6.51. The van der Waals surface area contributed by atoms with Gasteiger partial charge in [-0.05, 0) is 6.42 Å². The molecule has 0 aliphatic carbocycles. The lowest BCUT2D eigenvalue weighted by atomic mass is 9.75. The van der Waals surface area contributed by atoms with Gasteiger partial charge in [-0.1, -0.05) is 0 Å². The van der Waals surface area contributed by atoms with Crippen molar-refractivity contribution in [3.05, 3.63) is 0 Å². The third-order valence-corrected chi connectivity index (χ3v) is 2.88. The SMILES string of the molecule is NC(=O)CC[C@H](N)C(=O)N1CN=C(C(F)(F)F)C1B(O)O. The first-order valence-electron chi connectivity index (χ1n) is 5.87. The Bertz CT molecular complexity index is 457. The number of rotatable bonds is 5. The molecule has 0 aromatic rings. The van der Waals surface area contributed by atoms with Gasteiger partial charge in [0.25, 0.3) is 0 Å². The van der Waals surface area contributed by atoms with E-state index < -0.39 is 49.5 Å². The van der Waals surface area contributed by atoms with E-state index in [1.165, 1.54) is 0 Å². The summed E-state index contributed by atoms with van der Waals surface area (Å²) in [5, 5.41) is 18.1. The van der Waals surface area contributed by atoms with Crippen molar-refractivity contribution in [3.63, 3.8) is 0 Å². The van der Waals surface area contributed by atoms with E-state index >= 15 is 0 Å². The van der Waals surface area contributed by atoms with Crippen molar-refractivity contribution in [3.8, 4) is 0 Å². The Morgan fingerprint density at radius 2 is 2.05 bits per heavy atom. The number of hydrogen-bond donors (Lipinski definition) is 4. The van der Waals surface area contributed by atoms with Gasteiger partial charge in [0.1, 0.15) is 18.3 Å². The van der Waals surface area contributed by atoms with Crippen molar-refractivity contribution in [1.82, 2.24) is 4.90 Å². The van der Waals surface area contributed by atoms with E-state index in [-0.39, 0.29) is 12.8 Å². The van der Waals surface area contributed by atoms with Crippen LogP contribution in [0, 0.1) is 0 Å². The van der Waals surface area contributed by atoms with Crippen molar-refractivity contribution in [1.29, 1.82) is 0 Å². The number of carbonyl (C=O) groups excluding carboxylic acids is 2. The van der Waals surface area contributed by atoms with Crippen LogP contribution in [-0.4, -0.2) is 64.4 Å². The van der Waals surface area contributed by atoms with Crippen LogP contribution in [0.3, 0.4) is 0 Å². The van der Waals surface area contributed by atoms with Crippen LogP contribution in [0.15, 0.2) is 4.99 Å². The van der Waals surface area contributed by atoms with E-state index in [9.17, 15) is 22.8 Å². The third kappa shape index (κ3) is 4.15. The van der Waals surface area contributed by atoms with Crippen LogP contribution >= 0.6 is 0 Å². The topological polar surface area (TPSA) is 142 Å². The van der Waals surface area contributed by atoms with Crippen LogP contribution in [-0.2, 0) is 9.59 Å². The number of nitrogens with two attached hydrogens (primary N) is 2. The van der Waals surface area contributed by atoms with E-state index in [0.29, 0.717) is 4.90 Å². The van der Waals surface area contributed by atoms with Gasteiger partial charge in [0.05, 0.1) is 6.04 Å². The first kappa shape index (κ1) is 17.4. The molecule has 2 amide bonds. The third-order valence-electron chi connectivity index (χ3n) is 2.88. The normalized spacial score (nSPS) is 20.2. The highest BCUT2D eigenvalue weighted by atomic mass is 19.4. The Balaban J connectivity index is 2.84. The van der Waals surface area contributed by atoms with Gasteiger partial charge >= 0.3 is 13.3 Å². The maximum absolute atomic E-state index is 12.7. The number of primary amides is 1. The standard InChI is InChI=1S/C9H14BF3N4O4/c11-9(12,13)6-7(10(20)21)17(3-16-6)8(19)4(14)1-2-5(15)18/h4,7,20-21H,1-3,14H2,(H2,15,18)/t4-,7?/m0/s1. The second-order valence-corrected chi connectivity index (χ2v) is 4.46. The Morgan fingerprint density at radius 1 is 1.48 bits per heavy atom. The molecule has 0 radical (unpaired) electrons. The molecule has 2 atom stereocenters. The average molecular weight is 310 g/mol. The lowest BCUT2D eigenvalue weighted by Gasteiger charge is -2.27. The lowest BCUT2D eigenvalue weighted by molar-refractivity contribution is -0.132. The number of amides is 2. The molecule has 12 heteroatoms. The monoisotopic (exact) mass is 310 g/mol. The molecule has 0 aromatic carbocycles. The van der Waals surface area contributed by atoms with Crippen molar-refractivity contribution in [2.24, 2.45) is 16.5 Å². The van der Waals surface area contributed by atoms with Crippen LogP contribution in [0.4, 0.5) is 13.2 Å². The maximum atomic E-state index is 12.7. The van der Waals surface area contributed by atoms with Crippen LogP contribution in [0.1, 0.15) is 12.8 Å². The zero-order valence-electron chi connectivity index (χ0n) is 10.7. The van der Waals surface area contributed by atoms with E-state index in [1.54, 1.807) is 0 Å². The number of hydrogen-bond acceptors (Lipinski definition) is 6. The van der Waals surface area contributed by atoms with Gasteiger partial charge in [0, 0.05) is 6.42 Å². The van der Waals surface area contributed by atoms with Gasteiger partial charge in [0.15, 0.2) is 0 Å². The minimum Gasteiger partial charge on any atom is -0.425 e. The number of halogens is 3. The van der Waals surface area contributed by atoms with Gasteiger partial charge in [-0.15, -0.1) is 0 Å². The molecule has 1 aliphatic heterocycles. The molecule has 0 saturated carbocycles. The zero-order valence-corrected chi connectivity index (χ0v) is 10.7. The van der Waals surface area contributed by atoms with Crippen LogP contribution in [0.5, 0.6) is 0 Å². The predicted molar refractivity (Wildman–Crippen MR) is 65.6 cm³/mol. The second kappa shape index (κ2) is 6.41. The van der Waals surface area contributed by atoms with E-state index in [2.05, 4.69) is 4.99 Å². The first-order valence-corrected chi connectivity index (χ1v) is 5.87. The molecule has 1 aliphatic rings. The van der Waals surface area contributed by atoms with E-state index in [1.807, 2.05) is 0 Å². The number of aliphatic imine (C=N–C) groups is 1. The lowest BCUT2D eigenvalue weighted by Crippen LogP contribution is -2.57. The van der Waals surface area contributed by atoms with Crippen molar-refractivity contribution in [2.45, 2.75) is 31.0 Å². The summed E-state index contributed by atoms with van der Waals surface area (Å²) < 4.78 is 38.0. The molecule has 0 spiro atoms. The van der Waals surface area contributed by atoms with Crippen molar-refractivity contribution < 1.29 is 32.8 Å². The zero-order chi connectivity index (χ0) is 16.4. The summed E-state index contributed by atoms with van der Waals surface area (Å²) in [5.74, 6) is -3.74. The summed E-state index contributed by atoms with van der Waals surface area (Å²) in [6.07, 6.45) is -5.29. The van der Waals surface area contributed by atoms with Gasteiger partial charge in [-0.2, -0.15) is 13.2 Å².